The topological polar surface area (TPSA) is 159 Å². The maximum absolute atomic E-state index is 11.4. The predicted molar refractivity (Wildman–Crippen MR) is 73.9 cm³/mol. The molecule has 2 amide bonds. The summed E-state index contributed by atoms with van der Waals surface area (Å²) in [6.07, 6.45) is 5.10. The minimum Gasteiger partial charge on any atom is -0.495 e. The third-order valence-corrected chi connectivity index (χ3v) is 2.27. The van der Waals surface area contributed by atoms with E-state index in [9.17, 15) is 4.79 Å². The van der Waals surface area contributed by atoms with Gasteiger partial charge in [0.1, 0.15) is 12.4 Å². The van der Waals surface area contributed by atoms with E-state index in [4.69, 9.17) is 26.1 Å². The van der Waals surface area contributed by atoms with E-state index in [1.807, 2.05) is 5.43 Å². The van der Waals surface area contributed by atoms with Gasteiger partial charge in [0.2, 0.25) is 0 Å². The number of amides is 2. The number of aromatic nitrogens is 1. The number of anilines is 1. The molecule has 1 aromatic heterocycles. The largest absolute Gasteiger partial charge is 0.495 e. The molecule has 21 heavy (non-hydrogen) atoms. The van der Waals surface area contributed by atoms with Crippen molar-refractivity contribution >= 4 is 17.9 Å². The van der Waals surface area contributed by atoms with Gasteiger partial charge in [0, 0.05) is 12.3 Å². The molecule has 0 bridgehead atoms. The molecule has 0 atom stereocenters. The van der Waals surface area contributed by atoms with Crippen LogP contribution < -0.4 is 21.2 Å². The van der Waals surface area contributed by atoms with Crippen molar-refractivity contribution in [1.29, 1.82) is 10.9 Å². The molecule has 0 aliphatic heterocycles. The minimum atomic E-state index is -0.704. The number of nitrogens with two attached hydrogens (primary N) is 1. The number of pyridine rings is 1. The summed E-state index contributed by atoms with van der Waals surface area (Å²) in [5.41, 5.74) is 14.8. The normalized spacial score (nSPS) is 10.4. The van der Waals surface area contributed by atoms with Gasteiger partial charge in [0.25, 0.3) is 0 Å². The van der Waals surface area contributed by atoms with E-state index in [2.05, 4.69) is 15.5 Å². The summed E-state index contributed by atoms with van der Waals surface area (Å²) in [4.78, 5) is 15.3. The number of nitrogens with zero attached hydrogens (tertiary/aromatic N) is 2. The number of allylic oxidation sites excluding steroid dienone is 1. The number of carbonyl (C=O) groups is 1. The van der Waals surface area contributed by atoms with Crippen LogP contribution in [0, 0.1) is 10.9 Å². The Morgan fingerprint density at radius 1 is 1.57 bits per heavy atom. The van der Waals surface area contributed by atoms with Crippen molar-refractivity contribution in [2.75, 3.05) is 12.4 Å². The fraction of sp³-hybridized carbons (Fsp3) is 0.182. The molecule has 0 aliphatic rings. The number of ether oxygens (including phenoxy) is 2. The highest BCUT2D eigenvalue weighted by molar-refractivity contribution is 5.89. The number of nitrogens with one attached hydrogen (secondary N) is 4. The van der Waals surface area contributed by atoms with Crippen molar-refractivity contribution in [3.8, 4) is 5.75 Å². The lowest BCUT2D eigenvalue weighted by atomic mass is 10.2. The second-order valence-electron chi connectivity index (χ2n) is 3.57. The molecule has 0 aromatic carbocycles. The smallest absolute Gasteiger partial charge is 0.341 e. The second-order valence-corrected chi connectivity index (χ2v) is 3.57. The van der Waals surface area contributed by atoms with Gasteiger partial charge in [-0.2, -0.15) is 5.53 Å². The van der Waals surface area contributed by atoms with Gasteiger partial charge in [-0.15, -0.1) is 0 Å². The number of hydrogen-bond donors (Lipinski definition) is 5. The van der Waals surface area contributed by atoms with Crippen LogP contribution in [-0.4, -0.2) is 24.3 Å². The molecule has 0 fully saturated rings. The van der Waals surface area contributed by atoms with Crippen molar-refractivity contribution in [3.63, 3.8) is 0 Å². The van der Waals surface area contributed by atoms with Crippen molar-refractivity contribution < 1.29 is 14.3 Å². The maximum atomic E-state index is 11.4. The molecule has 0 saturated heterocycles. The van der Waals surface area contributed by atoms with Crippen LogP contribution in [0.15, 0.2) is 29.6 Å². The van der Waals surface area contributed by atoms with Crippen LogP contribution in [-0.2, 0) is 11.3 Å². The first-order chi connectivity index (χ1) is 10.1. The zero-order valence-electron chi connectivity index (χ0n) is 11.2. The van der Waals surface area contributed by atoms with Crippen LogP contribution in [0.5, 0.6) is 5.75 Å². The summed E-state index contributed by atoms with van der Waals surface area (Å²) in [6.45, 7) is -0.00447. The fourth-order valence-electron chi connectivity index (χ4n) is 1.39. The van der Waals surface area contributed by atoms with Gasteiger partial charge < -0.3 is 25.9 Å². The lowest BCUT2D eigenvalue weighted by Gasteiger charge is -2.14. The number of urea groups is 1. The SMILES string of the molecule is COc1cncc(NC(=O)NN=N)c1COC(N)=CC=N. The average molecular weight is 293 g/mol. The molecular weight excluding hydrogens is 278 g/mol. The van der Waals surface area contributed by atoms with Crippen LogP contribution >= 0.6 is 0 Å². The van der Waals surface area contributed by atoms with E-state index in [-0.39, 0.29) is 12.5 Å². The first-order valence-electron chi connectivity index (χ1n) is 5.65. The van der Waals surface area contributed by atoms with Crippen LogP contribution in [0.1, 0.15) is 5.56 Å². The summed E-state index contributed by atoms with van der Waals surface area (Å²) in [5.74, 6) is 0.429. The Morgan fingerprint density at radius 2 is 2.33 bits per heavy atom. The first kappa shape index (κ1) is 15.9. The number of rotatable bonds is 7. The van der Waals surface area contributed by atoms with Crippen LogP contribution in [0.2, 0.25) is 0 Å². The molecule has 0 aliphatic carbocycles. The quantitative estimate of drug-likeness (QED) is 0.220. The third-order valence-electron chi connectivity index (χ3n) is 2.27. The van der Waals surface area contributed by atoms with Gasteiger partial charge in [0.15, 0.2) is 5.88 Å². The molecular formula is C11H15N7O3. The summed E-state index contributed by atoms with van der Waals surface area (Å²) >= 11 is 0. The molecule has 112 valence electrons. The van der Waals surface area contributed by atoms with Crippen molar-refractivity contribution in [1.82, 2.24) is 10.4 Å². The zero-order valence-corrected chi connectivity index (χ0v) is 11.2. The van der Waals surface area contributed by atoms with Gasteiger partial charge >= 0.3 is 6.03 Å². The molecule has 0 unspecified atom stereocenters. The maximum Gasteiger partial charge on any atom is 0.341 e. The second kappa shape index (κ2) is 8.09. The highest BCUT2D eigenvalue weighted by Crippen LogP contribution is 2.26. The molecule has 10 nitrogen and oxygen atoms in total. The van der Waals surface area contributed by atoms with E-state index in [1.165, 1.54) is 25.6 Å². The molecule has 1 aromatic rings. The van der Waals surface area contributed by atoms with E-state index in [0.29, 0.717) is 17.0 Å². The van der Waals surface area contributed by atoms with Crippen molar-refractivity contribution in [2.24, 2.45) is 11.0 Å². The van der Waals surface area contributed by atoms with Gasteiger partial charge in [-0.05, 0) is 0 Å². The van der Waals surface area contributed by atoms with Crippen LogP contribution in [0.25, 0.3) is 0 Å². The van der Waals surface area contributed by atoms with Gasteiger partial charge in [0.05, 0.1) is 30.8 Å². The Hall–Kier alpha value is -3.17. The molecule has 0 spiro atoms. The van der Waals surface area contributed by atoms with Crippen molar-refractivity contribution in [2.45, 2.75) is 6.61 Å². The highest BCUT2D eigenvalue weighted by Gasteiger charge is 2.13. The molecule has 1 heterocycles. The Morgan fingerprint density at radius 3 is 2.95 bits per heavy atom. The number of hydrogen-bond acceptors (Lipinski definition) is 8. The summed E-state index contributed by atoms with van der Waals surface area (Å²) < 4.78 is 10.4. The standard InChI is InChI=1S/C11H15N7O3/c1-20-9-5-15-4-8(16-11(19)17-18-14)7(9)6-21-10(13)2-3-12/h2-5,12H,6,13H2,1H3,(H3,14,16,17,19). The van der Waals surface area contributed by atoms with Crippen molar-refractivity contribution in [3.05, 3.63) is 29.9 Å². The summed E-state index contributed by atoms with van der Waals surface area (Å²) in [5, 5.41) is 12.1. The van der Waals surface area contributed by atoms with E-state index in [0.717, 1.165) is 6.21 Å². The fourth-order valence-corrected chi connectivity index (χ4v) is 1.39. The number of carbonyl (C=O) groups excluding carboxylic acids is 1. The van der Waals surface area contributed by atoms with Gasteiger partial charge in [-0.3, -0.25) is 4.98 Å². The Labute approximate surface area is 120 Å². The van der Waals surface area contributed by atoms with Crippen LogP contribution in [0.3, 0.4) is 0 Å². The van der Waals surface area contributed by atoms with E-state index in [1.54, 1.807) is 0 Å². The summed E-state index contributed by atoms with van der Waals surface area (Å²) in [6, 6.07) is -0.704. The Bertz CT molecular complexity index is 559. The minimum absolute atomic E-state index is 0.00447. The predicted octanol–water partition coefficient (Wildman–Crippen LogP) is 1.12. The summed E-state index contributed by atoms with van der Waals surface area (Å²) in [7, 11) is 1.44. The zero-order chi connectivity index (χ0) is 15.7. The molecule has 6 N–H and O–H groups in total. The van der Waals surface area contributed by atoms with Gasteiger partial charge in [-0.25, -0.2) is 10.2 Å². The highest BCUT2D eigenvalue weighted by atomic mass is 16.5. The van der Waals surface area contributed by atoms with E-state index >= 15 is 0 Å². The monoisotopic (exact) mass is 293 g/mol. The molecule has 1 rings (SSSR count). The average Bonchev–Trinajstić information content (AvgIpc) is 2.46. The molecule has 0 saturated carbocycles. The van der Waals surface area contributed by atoms with Crippen LogP contribution in [0.4, 0.5) is 10.5 Å². The Balaban J connectivity index is 2.97. The third kappa shape index (κ3) is 4.78. The van der Waals surface area contributed by atoms with Gasteiger partial charge in [-0.1, -0.05) is 5.22 Å². The first-order valence-corrected chi connectivity index (χ1v) is 5.65. The lowest BCUT2D eigenvalue weighted by molar-refractivity contribution is 0.193. The molecule has 0 radical (unpaired) electrons. The lowest BCUT2D eigenvalue weighted by Crippen LogP contribution is -2.24. The van der Waals surface area contributed by atoms with E-state index < -0.39 is 6.03 Å². The molecule has 10 heteroatoms. The Kier molecular flexibility index (Phi) is 6.12. The number of methoxy groups -OCH3 is 1.